The average molecular weight is 638 g/mol. The summed E-state index contributed by atoms with van der Waals surface area (Å²) in [5, 5.41) is 15.5. The second kappa shape index (κ2) is 14.2. The summed E-state index contributed by atoms with van der Waals surface area (Å²) < 4.78 is 1.96. The number of hydrogen-bond acceptors (Lipinski definition) is 9. The summed E-state index contributed by atoms with van der Waals surface area (Å²) in [6, 6.07) is 11.8. The lowest BCUT2D eigenvalue weighted by atomic mass is 10.0. The van der Waals surface area contributed by atoms with Crippen LogP contribution < -0.4 is 21.3 Å². The fourth-order valence-electron chi connectivity index (χ4n) is 5.77. The van der Waals surface area contributed by atoms with Crippen molar-refractivity contribution in [2.45, 2.75) is 44.2 Å². The van der Waals surface area contributed by atoms with E-state index in [1.165, 1.54) is 6.07 Å². The monoisotopic (exact) mass is 637 g/mol. The number of rotatable bonds is 10. The molecule has 1 unspecified atom stereocenters. The Kier molecular flexibility index (Phi) is 9.46. The van der Waals surface area contributed by atoms with Gasteiger partial charge in [-0.15, -0.1) is 0 Å². The Balaban J connectivity index is 0.914. The summed E-state index contributed by atoms with van der Waals surface area (Å²) in [5.41, 5.74) is 4.32. The van der Waals surface area contributed by atoms with Crippen molar-refractivity contribution in [3.63, 3.8) is 0 Å². The van der Waals surface area contributed by atoms with Crippen molar-refractivity contribution >= 4 is 46.8 Å². The van der Waals surface area contributed by atoms with Gasteiger partial charge in [0, 0.05) is 61.2 Å². The predicted octanol–water partition coefficient (Wildman–Crippen LogP) is 2.69. The molecule has 0 bridgehead atoms. The minimum Gasteiger partial charge on any atom is -0.385 e. The highest BCUT2D eigenvalue weighted by Gasteiger charge is 2.29. The Morgan fingerprint density at radius 2 is 1.81 bits per heavy atom. The van der Waals surface area contributed by atoms with Crippen LogP contribution in [0.5, 0.6) is 0 Å². The first-order chi connectivity index (χ1) is 22.9. The molecular formula is C33H35N9O5. The molecule has 2 saturated heterocycles. The molecule has 47 heavy (non-hydrogen) atoms. The molecule has 6 rings (SSSR count). The molecule has 14 heteroatoms. The molecule has 4 N–H and O–H groups in total. The SMILES string of the molecule is O=Cc1cc(NCCCNC(=O)N2CCC(n3cc(-c4cnc5ccccc5n4)cn3)CC2)ccc1C(=O)NC1CCC(=O)NC1=O. The Morgan fingerprint density at radius 3 is 2.60 bits per heavy atom. The molecule has 242 valence electrons. The van der Waals surface area contributed by atoms with E-state index in [0.717, 1.165) is 35.1 Å². The van der Waals surface area contributed by atoms with Crippen molar-refractivity contribution in [3.05, 3.63) is 72.2 Å². The highest BCUT2D eigenvalue weighted by Crippen LogP contribution is 2.25. The van der Waals surface area contributed by atoms with Crippen LogP contribution in [0.25, 0.3) is 22.3 Å². The lowest BCUT2D eigenvalue weighted by Crippen LogP contribution is -2.52. The third-order valence-corrected chi connectivity index (χ3v) is 8.40. The van der Waals surface area contributed by atoms with Gasteiger partial charge in [-0.3, -0.25) is 34.2 Å². The molecule has 5 amide bonds. The van der Waals surface area contributed by atoms with E-state index in [9.17, 15) is 24.0 Å². The number of imide groups is 1. The van der Waals surface area contributed by atoms with Gasteiger partial charge in [0.1, 0.15) is 6.04 Å². The number of carbonyl (C=O) groups excluding carboxylic acids is 5. The second-order valence-corrected chi connectivity index (χ2v) is 11.6. The van der Waals surface area contributed by atoms with Gasteiger partial charge in [-0.25, -0.2) is 9.78 Å². The minimum absolute atomic E-state index is 0.106. The minimum atomic E-state index is -0.832. The van der Waals surface area contributed by atoms with Gasteiger partial charge in [0.2, 0.25) is 11.8 Å². The quantitative estimate of drug-likeness (QED) is 0.116. The first-order valence-corrected chi connectivity index (χ1v) is 15.6. The number of piperidine rings is 2. The number of carbonyl (C=O) groups is 5. The van der Waals surface area contributed by atoms with Gasteiger partial charge in [-0.05, 0) is 56.0 Å². The highest BCUT2D eigenvalue weighted by atomic mass is 16.2. The normalized spacial score (nSPS) is 16.9. The lowest BCUT2D eigenvalue weighted by molar-refractivity contribution is -0.134. The first-order valence-electron chi connectivity index (χ1n) is 15.6. The summed E-state index contributed by atoms with van der Waals surface area (Å²) in [4.78, 5) is 71.5. The van der Waals surface area contributed by atoms with Crippen LogP contribution in [-0.2, 0) is 9.59 Å². The number of aldehydes is 1. The number of amides is 5. The molecular weight excluding hydrogens is 602 g/mol. The molecule has 0 radical (unpaired) electrons. The van der Waals surface area contributed by atoms with Gasteiger partial charge < -0.3 is 20.9 Å². The Morgan fingerprint density at radius 1 is 1.00 bits per heavy atom. The predicted molar refractivity (Wildman–Crippen MR) is 173 cm³/mol. The van der Waals surface area contributed by atoms with Crippen LogP contribution in [0.4, 0.5) is 10.5 Å². The number of fused-ring (bicyclic) bond motifs is 1. The van der Waals surface area contributed by atoms with Crippen molar-refractivity contribution in [2.24, 2.45) is 0 Å². The van der Waals surface area contributed by atoms with Gasteiger partial charge in [0.15, 0.2) is 6.29 Å². The maximum absolute atomic E-state index is 12.8. The number of nitrogens with zero attached hydrogens (tertiary/aromatic N) is 5. The topological polar surface area (TPSA) is 180 Å². The molecule has 0 spiro atoms. The van der Waals surface area contributed by atoms with Gasteiger partial charge >= 0.3 is 6.03 Å². The Hall–Kier alpha value is -5.66. The molecule has 2 aromatic carbocycles. The largest absolute Gasteiger partial charge is 0.385 e. The summed E-state index contributed by atoms with van der Waals surface area (Å²) in [6.45, 7) is 2.25. The van der Waals surface area contributed by atoms with Crippen LogP contribution in [0, 0.1) is 0 Å². The lowest BCUT2D eigenvalue weighted by Gasteiger charge is -2.32. The van der Waals surface area contributed by atoms with E-state index in [-0.39, 0.29) is 41.9 Å². The number of aromatic nitrogens is 4. The van der Waals surface area contributed by atoms with Crippen LogP contribution in [-0.4, -0.2) is 86.9 Å². The molecule has 4 aromatic rings. The standard InChI is InChI=1S/C33H35N9O5/c43-20-21-16-23(6-7-25(21)31(45)39-28-8-9-30(44)40-32(28)46)34-12-3-13-35-33(47)41-14-10-24(11-15-41)42-19-22(17-37-42)29-18-36-26-4-1-2-5-27(26)38-29/h1-2,4-7,16-20,24,28,34H,3,8-15H2,(H,35,47)(H,39,45)(H,40,44,46). The van der Waals surface area contributed by atoms with Crippen molar-refractivity contribution in [3.8, 4) is 11.3 Å². The van der Waals surface area contributed by atoms with Crippen molar-refractivity contribution in [2.75, 3.05) is 31.5 Å². The summed E-state index contributed by atoms with van der Waals surface area (Å²) in [7, 11) is 0. The molecule has 4 heterocycles. The molecule has 2 aromatic heterocycles. The van der Waals surface area contributed by atoms with Crippen molar-refractivity contribution in [1.82, 2.24) is 40.6 Å². The maximum atomic E-state index is 12.8. The van der Waals surface area contributed by atoms with Gasteiger partial charge in [0.25, 0.3) is 5.91 Å². The zero-order valence-corrected chi connectivity index (χ0v) is 25.6. The summed E-state index contributed by atoms with van der Waals surface area (Å²) in [6.07, 6.45) is 8.71. The van der Waals surface area contributed by atoms with Crippen molar-refractivity contribution in [1.29, 1.82) is 0 Å². The molecule has 2 aliphatic heterocycles. The maximum Gasteiger partial charge on any atom is 0.317 e. The van der Waals surface area contributed by atoms with Crippen LogP contribution in [0.1, 0.15) is 58.9 Å². The summed E-state index contributed by atoms with van der Waals surface area (Å²) in [5.74, 6) is -1.50. The van der Waals surface area contributed by atoms with E-state index in [1.807, 2.05) is 40.0 Å². The smallest absolute Gasteiger partial charge is 0.317 e. The molecule has 1 atom stereocenters. The van der Waals surface area contributed by atoms with E-state index in [1.54, 1.807) is 24.5 Å². The average Bonchev–Trinajstić information content (AvgIpc) is 3.59. The number of benzene rings is 2. The van der Waals surface area contributed by atoms with Crippen LogP contribution in [0.3, 0.4) is 0 Å². The number of likely N-dealkylation sites (tertiary alicyclic amines) is 1. The van der Waals surface area contributed by atoms with E-state index in [0.29, 0.717) is 44.6 Å². The van der Waals surface area contributed by atoms with E-state index in [4.69, 9.17) is 4.98 Å². The third-order valence-electron chi connectivity index (χ3n) is 8.40. The van der Waals surface area contributed by atoms with Crippen LogP contribution in [0.2, 0.25) is 0 Å². The van der Waals surface area contributed by atoms with Gasteiger partial charge in [-0.1, -0.05) is 12.1 Å². The summed E-state index contributed by atoms with van der Waals surface area (Å²) >= 11 is 0. The molecule has 0 saturated carbocycles. The molecule has 0 aliphatic carbocycles. The Labute approximate surface area is 270 Å². The number of anilines is 1. The first kappa shape index (κ1) is 31.3. The fraction of sp³-hybridized carbons (Fsp3) is 0.333. The molecule has 14 nitrogen and oxygen atoms in total. The fourth-order valence-corrected chi connectivity index (χ4v) is 5.77. The van der Waals surface area contributed by atoms with Crippen LogP contribution >= 0.6 is 0 Å². The third kappa shape index (κ3) is 7.43. The van der Waals surface area contributed by atoms with E-state index in [2.05, 4.69) is 31.3 Å². The van der Waals surface area contributed by atoms with Crippen LogP contribution in [0.15, 0.2) is 61.1 Å². The number of hydrogen-bond donors (Lipinski definition) is 4. The van der Waals surface area contributed by atoms with Gasteiger partial charge in [-0.2, -0.15) is 5.10 Å². The molecule has 2 fully saturated rings. The van der Waals surface area contributed by atoms with E-state index >= 15 is 0 Å². The highest BCUT2D eigenvalue weighted by molar-refractivity contribution is 6.06. The van der Waals surface area contributed by atoms with Gasteiger partial charge in [0.05, 0.1) is 35.2 Å². The van der Waals surface area contributed by atoms with E-state index < -0.39 is 17.9 Å². The second-order valence-electron chi connectivity index (χ2n) is 11.6. The van der Waals surface area contributed by atoms with Crippen molar-refractivity contribution < 1.29 is 24.0 Å². The number of urea groups is 1. The number of nitrogens with one attached hydrogen (secondary N) is 4. The number of para-hydroxylation sites is 2. The zero-order chi connectivity index (χ0) is 32.8. The molecule has 2 aliphatic rings. The Bertz CT molecular complexity index is 1820. The zero-order valence-electron chi connectivity index (χ0n) is 25.6.